The van der Waals surface area contributed by atoms with Gasteiger partial charge in [-0.1, -0.05) is 12.1 Å². The smallest absolute Gasteiger partial charge is 0.258 e. The van der Waals surface area contributed by atoms with Crippen LogP contribution in [0.2, 0.25) is 0 Å². The van der Waals surface area contributed by atoms with Crippen molar-refractivity contribution in [3.05, 3.63) is 69.0 Å². The molecule has 2 aromatic rings. The minimum Gasteiger partial charge on any atom is -0.497 e. The molecule has 29 heavy (non-hydrogen) atoms. The Labute approximate surface area is 170 Å². The Bertz CT molecular complexity index is 1050. The molecule has 0 amide bonds. The Kier molecular flexibility index (Phi) is 5.95. The van der Waals surface area contributed by atoms with Gasteiger partial charge in [-0.3, -0.25) is 4.79 Å². The van der Waals surface area contributed by atoms with Crippen molar-refractivity contribution in [1.29, 1.82) is 5.26 Å². The van der Waals surface area contributed by atoms with E-state index in [9.17, 15) is 10.1 Å². The summed E-state index contributed by atoms with van der Waals surface area (Å²) >= 11 is 0. The van der Waals surface area contributed by atoms with E-state index in [1.54, 1.807) is 11.7 Å². The molecule has 0 fully saturated rings. The van der Waals surface area contributed by atoms with Gasteiger partial charge in [-0.05, 0) is 51.7 Å². The summed E-state index contributed by atoms with van der Waals surface area (Å²) in [6.07, 6.45) is 0.834. The van der Waals surface area contributed by atoms with Gasteiger partial charge in [0.05, 0.1) is 18.6 Å². The van der Waals surface area contributed by atoms with E-state index in [4.69, 9.17) is 15.2 Å². The fraction of sp³-hybridized carbons (Fsp3) is 0.364. The maximum atomic E-state index is 13.5. The van der Waals surface area contributed by atoms with Gasteiger partial charge in [0.1, 0.15) is 23.1 Å². The van der Waals surface area contributed by atoms with E-state index in [-0.39, 0.29) is 17.0 Å². The van der Waals surface area contributed by atoms with Gasteiger partial charge in [-0.2, -0.15) is 5.26 Å². The van der Waals surface area contributed by atoms with Crippen molar-refractivity contribution in [2.24, 2.45) is 5.73 Å². The molecule has 0 radical (unpaired) electrons. The van der Waals surface area contributed by atoms with E-state index in [0.29, 0.717) is 23.6 Å². The van der Waals surface area contributed by atoms with Crippen molar-refractivity contribution in [3.8, 4) is 17.6 Å². The summed E-state index contributed by atoms with van der Waals surface area (Å²) in [6, 6.07) is 11.3. The standard InChI is InChI=1S/C22H26N4O3/c1-14-11-18-20(22(27)26(14)10-6-9-25(2)3)19(17(13-23)21(24)29-18)15-7-5-8-16(12-15)28-4/h5,7-8,11-12,19H,6,9-10,24H2,1-4H3. The second-order valence-electron chi connectivity index (χ2n) is 7.38. The zero-order chi connectivity index (χ0) is 21.1. The van der Waals surface area contributed by atoms with Crippen LogP contribution in [-0.2, 0) is 6.54 Å². The molecule has 3 rings (SSSR count). The normalized spacial score (nSPS) is 15.7. The van der Waals surface area contributed by atoms with E-state index in [1.165, 1.54) is 0 Å². The third kappa shape index (κ3) is 3.98. The molecule has 0 aliphatic carbocycles. The first kappa shape index (κ1) is 20.5. The Morgan fingerprint density at radius 2 is 2.10 bits per heavy atom. The Morgan fingerprint density at radius 3 is 2.76 bits per heavy atom. The largest absolute Gasteiger partial charge is 0.497 e. The number of pyridine rings is 1. The van der Waals surface area contributed by atoms with Crippen LogP contribution in [0.15, 0.2) is 46.6 Å². The fourth-order valence-electron chi connectivity index (χ4n) is 3.66. The van der Waals surface area contributed by atoms with E-state index in [1.807, 2.05) is 51.4 Å². The summed E-state index contributed by atoms with van der Waals surface area (Å²) in [6.45, 7) is 3.33. The number of hydrogen-bond donors (Lipinski definition) is 1. The summed E-state index contributed by atoms with van der Waals surface area (Å²) in [4.78, 5) is 15.6. The van der Waals surface area contributed by atoms with Crippen molar-refractivity contribution in [1.82, 2.24) is 9.47 Å². The Morgan fingerprint density at radius 1 is 1.34 bits per heavy atom. The van der Waals surface area contributed by atoms with Crippen LogP contribution in [0.25, 0.3) is 0 Å². The quantitative estimate of drug-likeness (QED) is 0.808. The van der Waals surface area contributed by atoms with E-state index in [0.717, 1.165) is 24.2 Å². The van der Waals surface area contributed by atoms with Gasteiger partial charge in [0.15, 0.2) is 0 Å². The molecule has 7 heteroatoms. The molecule has 1 aromatic carbocycles. The lowest BCUT2D eigenvalue weighted by Crippen LogP contribution is -2.33. The minimum atomic E-state index is -0.605. The molecular formula is C22H26N4O3. The first-order valence-corrected chi connectivity index (χ1v) is 9.48. The van der Waals surface area contributed by atoms with Gasteiger partial charge in [-0.15, -0.1) is 0 Å². The van der Waals surface area contributed by atoms with Crippen molar-refractivity contribution < 1.29 is 9.47 Å². The molecule has 2 heterocycles. The van der Waals surface area contributed by atoms with Gasteiger partial charge in [0.2, 0.25) is 5.88 Å². The zero-order valence-corrected chi connectivity index (χ0v) is 17.2. The lowest BCUT2D eigenvalue weighted by Gasteiger charge is -2.27. The fourth-order valence-corrected chi connectivity index (χ4v) is 3.66. The van der Waals surface area contributed by atoms with Crippen molar-refractivity contribution in [2.75, 3.05) is 27.7 Å². The molecule has 1 unspecified atom stereocenters. The number of nitriles is 1. The van der Waals surface area contributed by atoms with E-state index in [2.05, 4.69) is 11.0 Å². The van der Waals surface area contributed by atoms with Crippen molar-refractivity contribution >= 4 is 0 Å². The maximum absolute atomic E-state index is 13.5. The molecule has 7 nitrogen and oxygen atoms in total. The molecule has 0 bridgehead atoms. The van der Waals surface area contributed by atoms with E-state index < -0.39 is 5.92 Å². The minimum absolute atomic E-state index is 0.0250. The Hall–Kier alpha value is -3.24. The molecular weight excluding hydrogens is 368 g/mol. The number of benzene rings is 1. The van der Waals surface area contributed by atoms with Crippen LogP contribution in [0, 0.1) is 18.3 Å². The lowest BCUT2D eigenvalue weighted by molar-refractivity contribution is 0.375. The monoisotopic (exact) mass is 394 g/mol. The molecule has 0 spiro atoms. The molecule has 1 atom stereocenters. The van der Waals surface area contributed by atoms with Crippen LogP contribution < -0.4 is 20.8 Å². The highest BCUT2D eigenvalue weighted by molar-refractivity contribution is 5.56. The van der Waals surface area contributed by atoms with Gasteiger partial charge < -0.3 is 24.7 Å². The topological polar surface area (TPSA) is 93.5 Å². The summed E-state index contributed by atoms with van der Waals surface area (Å²) in [7, 11) is 5.58. The van der Waals surface area contributed by atoms with Crippen LogP contribution in [0.1, 0.15) is 29.2 Å². The molecule has 1 aliphatic heterocycles. The Balaban J connectivity index is 2.17. The predicted octanol–water partition coefficient (Wildman–Crippen LogP) is 2.34. The lowest BCUT2D eigenvalue weighted by atomic mass is 9.84. The third-order valence-corrected chi connectivity index (χ3v) is 5.10. The second kappa shape index (κ2) is 8.41. The van der Waals surface area contributed by atoms with Crippen molar-refractivity contribution in [3.63, 3.8) is 0 Å². The third-order valence-electron chi connectivity index (χ3n) is 5.10. The van der Waals surface area contributed by atoms with E-state index >= 15 is 0 Å². The molecule has 2 N–H and O–H groups in total. The number of aryl methyl sites for hydroxylation is 1. The predicted molar refractivity (Wildman–Crippen MR) is 111 cm³/mol. The number of aromatic nitrogens is 1. The zero-order valence-electron chi connectivity index (χ0n) is 17.2. The number of nitrogens with two attached hydrogens (primary N) is 1. The first-order valence-electron chi connectivity index (χ1n) is 9.48. The number of allylic oxidation sites excluding steroid dienone is 1. The van der Waals surface area contributed by atoms with Crippen LogP contribution in [0.4, 0.5) is 0 Å². The average molecular weight is 394 g/mol. The van der Waals surface area contributed by atoms with Crippen molar-refractivity contribution in [2.45, 2.75) is 25.8 Å². The molecule has 1 aliphatic rings. The highest BCUT2D eigenvalue weighted by Gasteiger charge is 2.34. The number of ether oxygens (including phenoxy) is 2. The number of fused-ring (bicyclic) bond motifs is 1. The highest BCUT2D eigenvalue weighted by Crippen LogP contribution is 2.41. The van der Waals surface area contributed by atoms with Gasteiger partial charge in [0.25, 0.3) is 5.56 Å². The number of nitrogens with zero attached hydrogens (tertiary/aromatic N) is 3. The SMILES string of the molecule is COc1cccc(C2C(C#N)=C(N)Oc3cc(C)n(CCCN(C)C)c(=O)c32)c1. The second-order valence-corrected chi connectivity index (χ2v) is 7.38. The van der Waals surface area contributed by atoms with Crippen LogP contribution in [-0.4, -0.2) is 37.2 Å². The summed E-state index contributed by atoms with van der Waals surface area (Å²) in [5.74, 6) is 0.467. The maximum Gasteiger partial charge on any atom is 0.258 e. The average Bonchev–Trinajstić information content (AvgIpc) is 2.69. The summed E-state index contributed by atoms with van der Waals surface area (Å²) in [5.41, 5.74) is 8.10. The van der Waals surface area contributed by atoms with Gasteiger partial charge in [0, 0.05) is 18.3 Å². The highest BCUT2D eigenvalue weighted by atomic mass is 16.5. The summed E-state index contributed by atoms with van der Waals surface area (Å²) < 4.78 is 12.8. The van der Waals surface area contributed by atoms with Gasteiger partial charge in [-0.25, -0.2) is 0 Å². The van der Waals surface area contributed by atoms with Crippen LogP contribution in [0.3, 0.4) is 0 Å². The number of hydrogen-bond acceptors (Lipinski definition) is 6. The van der Waals surface area contributed by atoms with Gasteiger partial charge >= 0.3 is 0 Å². The van der Waals surface area contributed by atoms with Crippen LogP contribution in [0.5, 0.6) is 11.5 Å². The number of methoxy groups -OCH3 is 1. The first-order chi connectivity index (χ1) is 13.9. The molecule has 1 aromatic heterocycles. The molecule has 0 saturated carbocycles. The van der Waals surface area contributed by atoms with Crippen LogP contribution >= 0.6 is 0 Å². The molecule has 152 valence electrons. The summed E-state index contributed by atoms with van der Waals surface area (Å²) in [5, 5.41) is 9.75. The number of rotatable bonds is 6. The molecule has 0 saturated heterocycles.